The van der Waals surface area contributed by atoms with Crippen LogP contribution in [0.15, 0.2) is 43.0 Å². The molecule has 1 N–H and O–H groups in total. The molecule has 2 aromatic rings. The Kier molecular flexibility index (Phi) is 7.12. The van der Waals surface area contributed by atoms with Gasteiger partial charge in [0.05, 0.1) is 24.9 Å². The van der Waals surface area contributed by atoms with Gasteiger partial charge in [-0.2, -0.15) is 0 Å². The van der Waals surface area contributed by atoms with Crippen LogP contribution < -0.4 is 0 Å². The summed E-state index contributed by atoms with van der Waals surface area (Å²) in [6.07, 6.45) is 6.20. The van der Waals surface area contributed by atoms with Crippen LogP contribution in [-0.2, 0) is 32.8 Å². The molecule has 0 saturated heterocycles. The van der Waals surface area contributed by atoms with Gasteiger partial charge in [0.15, 0.2) is 0 Å². The van der Waals surface area contributed by atoms with Crippen molar-refractivity contribution in [2.45, 2.75) is 52.1 Å². The molecule has 0 saturated carbocycles. The van der Waals surface area contributed by atoms with E-state index in [1.54, 1.807) is 37.1 Å². The Morgan fingerprint density at radius 3 is 2.56 bits per heavy atom. The van der Waals surface area contributed by atoms with Crippen molar-refractivity contribution in [3.05, 3.63) is 54.1 Å². The van der Waals surface area contributed by atoms with Crippen LogP contribution in [0.1, 0.15) is 44.7 Å². The third-order valence-corrected chi connectivity index (χ3v) is 4.38. The molecule has 0 bridgehead atoms. The van der Waals surface area contributed by atoms with Gasteiger partial charge in [-0.1, -0.05) is 31.2 Å². The minimum atomic E-state index is -0.896. The highest BCUT2D eigenvalue weighted by atomic mass is 16.5. The van der Waals surface area contributed by atoms with Crippen molar-refractivity contribution in [3.63, 3.8) is 0 Å². The fourth-order valence-corrected chi connectivity index (χ4v) is 2.65. The van der Waals surface area contributed by atoms with E-state index in [1.165, 1.54) is 0 Å². The molecule has 0 fully saturated rings. The Morgan fingerprint density at radius 1 is 1.26 bits per heavy atom. The summed E-state index contributed by atoms with van der Waals surface area (Å²) in [6, 6.07) is 7.26. The maximum atomic E-state index is 12.4. The summed E-state index contributed by atoms with van der Waals surface area (Å²) in [5.41, 5.74) is 0.700. The van der Waals surface area contributed by atoms with Crippen molar-refractivity contribution >= 4 is 11.9 Å². The second-order valence-corrected chi connectivity index (χ2v) is 6.91. The predicted molar refractivity (Wildman–Crippen MR) is 99.9 cm³/mol. The molecule has 2 rings (SSSR count). The monoisotopic (exact) mass is 373 g/mol. The molecule has 0 radical (unpaired) electrons. The van der Waals surface area contributed by atoms with Crippen molar-refractivity contribution < 1.29 is 19.5 Å². The fraction of sp³-hybridized carbons (Fsp3) is 0.450. The Labute approximate surface area is 159 Å². The zero-order chi connectivity index (χ0) is 19.9. The number of imidazole rings is 1. The smallest absolute Gasteiger partial charge is 0.310 e. The van der Waals surface area contributed by atoms with E-state index in [9.17, 15) is 14.8 Å². The van der Waals surface area contributed by atoms with Crippen molar-refractivity contribution in [1.82, 2.24) is 14.6 Å². The lowest BCUT2D eigenvalue weighted by Gasteiger charge is -2.34. The predicted octanol–water partition coefficient (Wildman–Crippen LogP) is 2.92. The number of carbonyl (C=O) groups excluding carboxylic acids is 2. The zero-order valence-corrected chi connectivity index (χ0v) is 16.1. The average molecular weight is 373 g/mol. The Morgan fingerprint density at radius 2 is 1.96 bits per heavy atom. The van der Waals surface area contributed by atoms with Crippen LogP contribution in [0.5, 0.6) is 0 Å². The molecule has 27 heavy (non-hydrogen) atoms. The van der Waals surface area contributed by atoms with Gasteiger partial charge in [0.2, 0.25) is 5.91 Å². The third kappa shape index (κ3) is 5.65. The van der Waals surface area contributed by atoms with Gasteiger partial charge in [-0.3, -0.25) is 14.8 Å². The quantitative estimate of drug-likeness (QED) is 0.415. The first-order valence-electron chi connectivity index (χ1n) is 9.07. The van der Waals surface area contributed by atoms with E-state index in [2.05, 4.69) is 4.98 Å². The summed E-state index contributed by atoms with van der Waals surface area (Å²) in [4.78, 5) is 28.0. The van der Waals surface area contributed by atoms with E-state index >= 15 is 0 Å². The average Bonchev–Trinajstić information content (AvgIpc) is 3.17. The minimum absolute atomic E-state index is 0.164. The first-order valence-corrected chi connectivity index (χ1v) is 9.07. The van der Waals surface area contributed by atoms with Crippen LogP contribution in [0.4, 0.5) is 0 Å². The number of amides is 1. The molecule has 0 atom stereocenters. The normalized spacial score (nSPS) is 11.3. The number of hydrogen-bond donors (Lipinski definition) is 1. The summed E-state index contributed by atoms with van der Waals surface area (Å²) in [6.45, 7) is 6.36. The standard InChI is InChI=1S/C20H27N3O4/c1-4-13-27-19(25)14-16-5-7-17(8-6-16)20(2,3)23(26)18(24)9-11-22-12-10-21-15-22/h5-8,10,12,15,26H,4,9,11,13-14H2,1-3H3. The molecule has 1 aromatic carbocycles. The third-order valence-electron chi connectivity index (χ3n) is 4.38. The van der Waals surface area contributed by atoms with E-state index < -0.39 is 5.54 Å². The lowest BCUT2D eigenvalue weighted by Crippen LogP contribution is -2.43. The summed E-state index contributed by atoms with van der Waals surface area (Å²) in [5, 5.41) is 11.2. The lowest BCUT2D eigenvalue weighted by molar-refractivity contribution is -0.191. The molecule has 0 aliphatic heterocycles. The maximum Gasteiger partial charge on any atom is 0.310 e. The molecule has 1 aromatic heterocycles. The topological polar surface area (TPSA) is 84.7 Å². The van der Waals surface area contributed by atoms with Crippen molar-refractivity contribution in [2.75, 3.05) is 6.61 Å². The van der Waals surface area contributed by atoms with Gasteiger partial charge in [-0.05, 0) is 31.4 Å². The van der Waals surface area contributed by atoms with Crippen molar-refractivity contribution in [2.24, 2.45) is 0 Å². The van der Waals surface area contributed by atoms with Crippen molar-refractivity contribution in [3.8, 4) is 0 Å². The lowest BCUT2D eigenvalue weighted by atomic mass is 9.92. The molecular formula is C20H27N3O4. The van der Waals surface area contributed by atoms with Gasteiger partial charge < -0.3 is 9.30 Å². The molecule has 0 aliphatic carbocycles. The molecule has 1 heterocycles. The van der Waals surface area contributed by atoms with E-state index in [0.29, 0.717) is 13.2 Å². The van der Waals surface area contributed by atoms with Crippen LogP contribution in [-0.4, -0.2) is 38.3 Å². The number of aromatic nitrogens is 2. The second-order valence-electron chi connectivity index (χ2n) is 6.91. The van der Waals surface area contributed by atoms with Gasteiger partial charge in [0.1, 0.15) is 0 Å². The van der Waals surface area contributed by atoms with Crippen LogP contribution >= 0.6 is 0 Å². The molecule has 1 amide bonds. The number of ether oxygens (including phenoxy) is 1. The van der Waals surface area contributed by atoms with Gasteiger partial charge in [-0.15, -0.1) is 0 Å². The highest BCUT2D eigenvalue weighted by Gasteiger charge is 2.31. The van der Waals surface area contributed by atoms with E-state index in [-0.39, 0.29) is 24.7 Å². The minimum Gasteiger partial charge on any atom is -0.465 e. The number of aryl methyl sites for hydroxylation is 1. The number of hydroxylamine groups is 2. The van der Waals surface area contributed by atoms with Gasteiger partial charge in [0.25, 0.3) is 0 Å². The number of rotatable bonds is 9. The van der Waals surface area contributed by atoms with Gasteiger partial charge in [-0.25, -0.2) is 10.0 Å². The molecule has 0 unspecified atom stereocenters. The second kappa shape index (κ2) is 9.32. The Hall–Kier alpha value is -2.67. The highest BCUT2D eigenvalue weighted by molar-refractivity contribution is 5.76. The summed E-state index contributed by atoms with van der Waals surface area (Å²) < 4.78 is 6.86. The SMILES string of the molecule is CCCOC(=O)Cc1ccc(C(C)(C)N(O)C(=O)CCn2ccnc2)cc1. The van der Waals surface area contributed by atoms with E-state index in [1.807, 2.05) is 31.2 Å². The van der Waals surface area contributed by atoms with Crippen molar-refractivity contribution in [1.29, 1.82) is 0 Å². The molecule has 0 spiro atoms. The number of esters is 1. The summed E-state index contributed by atoms with van der Waals surface area (Å²) in [7, 11) is 0. The Bertz CT molecular complexity index is 739. The van der Waals surface area contributed by atoms with Crippen LogP contribution in [0.3, 0.4) is 0 Å². The van der Waals surface area contributed by atoms with Gasteiger partial charge in [0, 0.05) is 25.4 Å². The Balaban J connectivity index is 1.97. The number of carbonyl (C=O) groups is 2. The summed E-state index contributed by atoms with van der Waals surface area (Å²) >= 11 is 0. The number of benzene rings is 1. The van der Waals surface area contributed by atoms with Gasteiger partial charge >= 0.3 is 5.97 Å². The maximum absolute atomic E-state index is 12.4. The molecule has 0 aliphatic rings. The van der Waals surface area contributed by atoms with E-state index in [4.69, 9.17) is 4.74 Å². The molecular weight excluding hydrogens is 346 g/mol. The van der Waals surface area contributed by atoms with Crippen LogP contribution in [0.2, 0.25) is 0 Å². The number of hydrogen-bond acceptors (Lipinski definition) is 5. The largest absolute Gasteiger partial charge is 0.465 e. The van der Waals surface area contributed by atoms with Crippen LogP contribution in [0, 0.1) is 0 Å². The molecule has 7 nitrogen and oxygen atoms in total. The number of nitrogens with zero attached hydrogens (tertiary/aromatic N) is 3. The zero-order valence-electron chi connectivity index (χ0n) is 16.1. The molecule has 146 valence electrons. The summed E-state index contributed by atoms with van der Waals surface area (Å²) in [5.74, 6) is -0.636. The first-order chi connectivity index (χ1) is 12.8. The van der Waals surface area contributed by atoms with E-state index in [0.717, 1.165) is 22.6 Å². The fourth-order valence-electron chi connectivity index (χ4n) is 2.65. The first kappa shape index (κ1) is 20.6. The van der Waals surface area contributed by atoms with Crippen LogP contribution in [0.25, 0.3) is 0 Å². The molecule has 7 heteroatoms. The highest BCUT2D eigenvalue weighted by Crippen LogP contribution is 2.27.